The van der Waals surface area contributed by atoms with E-state index in [2.05, 4.69) is 21.2 Å². The molecule has 0 unspecified atom stereocenters. The van der Waals surface area contributed by atoms with Crippen LogP contribution < -0.4 is 5.32 Å². The first kappa shape index (κ1) is 16.0. The van der Waals surface area contributed by atoms with E-state index in [9.17, 15) is 9.59 Å². The van der Waals surface area contributed by atoms with Gasteiger partial charge in [0.1, 0.15) is 0 Å². The molecule has 2 N–H and O–H groups in total. The summed E-state index contributed by atoms with van der Waals surface area (Å²) in [7, 11) is 1.59. The van der Waals surface area contributed by atoms with Crippen LogP contribution in [0, 0.1) is 11.3 Å². The molecule has 0 spiro atoms. The minimum Gasteiger partial charge on any atom is -0.481 e. The number of hydrogen-bond donors (Lipinski definition) is 2. The monoisotopic (exact) mass is 339 g/mol. The van der Waals surface area contributed by atoms with Crippen LogP contribution in [-0.2, 0) is 4.79 Å². The Labute approximate surface area is 125 Å². The maximum atomic E-state index is 11.9. The standard InChI is InChI=1S/C13H14BrN3O3/c1-17(6-2-3-12(18)19)13(20)16-11-5-4-9(8-15)7-10(11)14/h4-5,7H,2-3,6H2,1H3,(H,16,20)(H,18,19). The average Bonchev–Trinajstić information content (AvgIpc) is 2.40. The summed E-state index contributed by atoms with van der Waals surface area (Å²) in [4.78, 5) is 23.7. The van der Waals surface area contributed by atoms with Crippen molar-refractivity contribution in [2.24, 2.45) is 0 Å². The molecule has 0 aliphatic carbocycles. The Bertz CT molecular complexity index is 554. The molecular weight excluding hydrogens is 326 g/mol. The van der Waals surface area contributed by atoms with Gasteiger partial charge in [-0.3, -0.25) is 4.79 Å². The second-order valence-electron chi connectivity index (χ2n) is 4.16. The third-order valence-electron chi connectivity index (χ3n) is 2.57. The third-order valence-corrected chi connectivity index (χ3v) is 3.23. The van der Waals surface area contributed by atoms with Gasteiger partial charge in [0.05, 0.1) is 17.3 Å². The molecule has 1 aromatic rings. The van der Waals surface area contributed by atoms with Crippen LogP contribution in [0.3, 0.4) is 0 Å². The van der Waals surface area contributed by atoms with Crippen molar-refractivity contribution in [1.82, 2.24) is 4.90 Å². The number of amides is 2. The fraction of sp³-hybridized carbons (Fsp3) is 0.308. The number of carboxylic acids is 1. The molecule has 0 saturated carbocycles. The zero-order valence-corrected chi connectivity index (χ0v) is 12.5. The second kappa shape index (κ2) is 7.50. The van der Waals surface area contributed by atoms with Gasteiger partial charge in [0, 0.05) is 24.5 Å². The van der Waals surface area contributed by atoms with Gasteiger partial charge < -0.3 is 15.3 Å². The lowest BCUT2D eigenvalue weighted by Gasteiger charge is -2.18. The molecule has 1 aromatic carbocycles. The van der Waals surface area contributed by atoms with Gasteiger partial charge in [-0.2, -0.15) is 5.26 Å². The number of nitrogens with zero attached hydrogens (tertiary/aromatic N) is 2. The lowest BCUT2D eigenvalue weighted by molar-refractivity contribution is -0.137. The van der Waals surface area contributed by atoms with Crippen molar-refractivity contribution in [3.8, 4) is 6.07 Å². The number of carboxylic acid groups (broad SMARTS) is 1. The predicted molar refractivity (Wildman–Crippen MR) is 77.4 cm³/mol. The van der Waals surface area contributed by atoms with Gasteiger partial charge in [-0.15, -0.1) is 0 Å². The number of nitrogens with one attached hydrogen (secondary N) is 1. The summed E-state index contributed by atoms with van der Waals surface area (Å²) >= 11 is 3.28. The van der Waals surface area contributed by atoms with Crippen molar-refractivity contribution in [2.75, 3.05) is 18.9 Å². The number of benzene rings is 1. The molecule has 0 heterocycles. The Morgan fingerprint density at radius 1 is 1.50 bits per heavy atom. The van der Waals surface area contributed by atoms with E-state index in [1.165, 1.54) is 4.90 Å². The van der Waals surface area contributed by atoms with E-state index in [4.69, 9.17) is 10.4 Å². The molecule has 0 atom stereocenters. The first-order chi connectivity index (χ1) is 9.43. The Morgan fingerprint density at radius 3 is 2.75 bits per heavy atom. The van der Waals surface area contributed by atoms with Crippen LogP contribution in [0.25, 0.3) is 0 Å². The highest BCUT2D eigenvalue weighted by Gasteiger charge is 2.11. The molecule has 1 rings (SSSR count). The highest BCUT2D eigenvalue weighted by molar-refractivity contribution is 9.10. The number of nitriles is 1. The van der Waals surface area contributed by atoms with Crippen LogP contribution in [0.5, 0.6) is 0 Å². The molecule has 0 aliphatic heterocycles. The van der Waals surface area contributed by atoms with E-state index in [1.807, 2.05) is 6.07 Å². The van der Waals surface area contributed by atoms with Gasteiger partial charge in [-0.25, -0.2) is 4.79 Å². The fourth-order valence-electron chi connectivity index (χ4n) is 1.47. The number of urea groups is 1. The number of anilines is 1. The number of aliphatic carboxylic acids is 1. The van der Waals surface area contributed by atoms with Crippen LogP contribution in [-0.4, -0.2) is 35.6 Å². The minimum absolute atomic E-state index is 0.0260. The Balaban J connectivity index is 2.57. The Hall–Kier alpha value is -2.07. The van der Waals surface area contributed by atoms with Gasteiger partial charge in [-0.1, -0.05) is 0 Å². The predicted octanol–water partition coefficient (Wildman–Crippen LogP) is 2.65. The van der Waals surface area contributed by atoms with Gasteiger partial charge in [0.15, 0.2) is 0 Å². The Kier molecular flexibility index (Phi) is 6.00. The fourth-order valence-corrected chi connectivity index (χ4v) is 1.94. The third kappa shape index (κ3) is 4.90. The maximum absolute atomic E-state index is 11.9. The number of rotatable bonds is 5. The zero-order chi connectivity index (χ0) is 15.1. The summed E-state index contributed by atoms with van der Waals surface area (Å²) in [6, 6.07) is 6.51. The summed E-state index contributed by atoms with van der Waals surface area (Å²) in [6.07, 6.45) is 0.423. The molecule has 7 heteroatoms. The molecule has 20 heavy (non-hydrogen) atoms. The number of carbonyl (C=O) groups excluding carboxylic acids is 1. The molecular formula is C13H14BrN3O3. The van der Waals surface area contributed by atoms with E-state index in [-0.39, 0.29) is 12.5 Å². The maximum Gasteiger partial charge on any atom is 0.321 e. The van der Waals surface area contributed by atoms with Gasteiger partial charge in [0.25, 0.3) is 0 Å². The largest absolute Gasteiger partial charge is 0.481 e. The van der Waals surface area contributed by atoms with Gasteiger partial charge >= 0.3 is 12.0 Å². The van der Waals surface area contributed by atoms with Crippen LogP contribution in [0.2, 0.25) is 0 Å². The summed E-state index contributed by atoms with van der Waals surface area (Å²) in [6.45, 7) is 0.353. The molecule has 0 radical (unpaired) electrons. The molecule has 2 amide bonds. The summed E-state index contributed by atoms with van der Waals surface area (Å²) < 4.78 is 0.615. The van der Waals surface area contributed by atoms with Crippen LogP contribution >= 0.6 is 15.9 Å². The van der Waals surface area contributed by atoms with E-state index in [0.29, 0.717) is 28.7 Å². The van der Waals surface area contributed by atoms with E-state index >= 15 is 0 Å². The molecule has 6 nitrogen and oxygen atoms in total. The lowest BCUT2D eigenvalue weighted by Crippen LogP contribution is -2.32. The smallest absolute Gasteiger partial charge is 0.321 e. The quantitative estimate of drug-likeness (QED) is 0.862. The van der Waals surface area contributed by atoms with Crippen LogP contribution in [0.1, 0.15) is 18.4 Å². The minimum atomic E-state index is -0.881. The van der Waals surface area contributed by atoms with E-state index in [0.717, 1.165) is 0 Å². The van der Waals surface area contributed by atoms with Gasteiger partial charge in [0.2, 0.25) is 0 Å². The van der Waals surface area contributed by atoms with Gasteiger partial charge in [-0.05, 0) is 40.5 Å². The van der Waals surface area contributed by atoms with E-state index < -0.39 is 5.97 Å². The summed E-state index contributed by atoms with van der Waals surface area (Å²) in [5, 5.41) is 20.0. The molecule has 0 aliphatic rings. The van der Waals surface area contributed by atoms with Crippen LogP contribution in [0.15, 0.2) is 22.7 Å². The van der Waals surface area contributed by atoms with Crippen molar-refractivity contribution in [3.63, 3.8) is 0 Å². The highest BCUT2D eigenvalue weighted by Crippen LogP contribution is 2.23. The molecule has 0 bridgehead atoms. The molecule has 0 aromatic heterocycles. The highest BCUT2D eigenvalue weighted by atomic mass is 79.9. The molecule has 0 fully saturated rings. The van der Waals surface area contributed by atoms with Crippen molar-refractivity contribution in [1.29, 1.82) is 5.26 Å². The average molecular weight is 340 g/mol. The second-order valence-corrected chi connectivity index (χ2v) is 5.01. The Morgan fingerprint density at radius 2 is 2.20 bits per heavy atom. The topological polar surface area (TPSA) is 93.4 Å². The van der Waals surface area contributed by atoms with Crippen molar-refractivity contribution in [3.05, 3.63) is 28.2 Å². The number of carbonyl (C=O) groups is 2. The summed E-state index contributed by atoms with van der Waals surface area (Å²) in [5.74, 6) is -0.881. The SMILES string of the molecule is CN(CCCC(=O)O)C(=O)Nc1ccc(C#N)cc1Br. The number of halogens is 1. The van der Waals surface area contributed by atoms with Crippen molar-refractivity contribution < 1.29 is 14.7 Å². The lowest BCUT2D eigenvalue weighted by atomic mass is 10.2. The first-order valence-corrected chi connectivity index (χ1v) is 6.67. The van der Waals surface area contributed by atoms with Crippen molar-refractivity contribution in [2.45, 2.75) is 12.8 Å². The molecule has 0 saturated heterocycles. The first-order valence-electron chi connectivity index (χ1n) is 5.87. The zero-order valence-electron chi connectivity index (χ0n) is 10.9. The summed E-state index contributed by atoms with van der Waals surface area (Å²) in [5.41, 5.74) is 1.05. The number of hydrogen-bond acceptors (Lipinski definition) is 3. The van der Waals surface area contributed by atoms with Crippen molar-refractivity contribution >= 4 is 33.6 Å². The normalized spacial score (nSPS) is 9.65. The molecule has 106 valence electrons. The van der Waals surface area contributed by atoms with E-state index in [1.54, 1.807) is 25.2 Å². The van der Waals surface area contributed by atoms with Crippen LogP contribution in [0.4, 0.5) is 10.5 Å².